The van der Waals surface area contributed by atoms with E-state index < -0.39 is 0 Å². The Hall–Kier alpha value is -1.85. The third-order valence-corrected chi connectivity index (χ3v) is 3.17. The van der Waals surface area contributed by atoms with Gasteiger partial charge < -0.3 is 4.74 Å². The zero-order valence-corrected chi connectivity index (χ0v) is 11.5. The van der Waals surface area contributed by atoms with Crippen molar-refractivity contribution in [2.45, 2.75) is 26.8 Å². The number of anilines is 1. The molecule has 1 aliphatic heterocycles. The van der Waals surface area contributed by atoms with Crippen LogP contribution in [0.1, 0.15) is 20.3 Å². The molecule has 1 aromatic rings. The first-order chi connectivity index (χ1) is 9.02. The van der Waals surface area contributed by atoms with Crippen LogP contribution in [0, 0.1) is 11.8 Å². The summed E-state index contributed by atoms with van der Waals surface area (Å²) in [6.07, 6.45) is 1.88. The van der Waals surface area contributed by atoms with E-state index in [0.717, 1.165) is 12.4 Å². The fourth-order valence-electron chi connectivity index (χ4n) is 2.30. The van der Waals surface area contributed by atoms with E-state index in [9.17, 15) is 9.59 Å². The van der Waals surface area contributed by atoms with Gasteiger partial charge in [-0.25, -0.2) is 4.68 Å². The van der Waals surface area contributed by atoms with Gasteiger partial charge in [0.2, 0.25) is 5.91 Å². The lowest BCUT2D eigenvalue weighted by Crippen LogP contribution is -2.29. The molecule has 6 nitrogen and oxygen atoms in total. The van der Waals surface area contributed by atoms with Gasteiger partial charge in [-0.1, -0.05) is 13.8 Å². The Morgan fingerprint density at radius 3 is 2.95 bits per heavy atom. The highest BCUT2D eigenvalue weighted by Crippen LogP contribution is 2.26. The standard InChI is InChI=1S/C13H19N3O3/c1-9(2)7-16-11(4-5-14-16)15-8-10(6-12(15)17)13(18)19-3/h4-5,9-10H,6-8H2,1-3H3. The highest BCUT2D eigenvalue weighted by atomic mass is 16.5. The zero-order valence-electron chi connectivity index (χ0n) is 11.5. The van der Waals surface area contributed by atoms with E-state index in [4.69, 9.17) is 4.74 Å². The Kier molecular flexibility index (Phi) is 3.87. The van der Waals surface area contributed by atoms with Crippen LogP contribution < -0.4 is 4.90 Å². The van der Waals surface area contributed by atoms with Crippen LogP contribution in [0.25, 0.3) is 0 Å². The lowest BCUT2D eigenvalue weighted by molar-refractivity contribution is -0.145. The van der Waals surface area contributed by atoms with Crippen molar-refractivity contribution in [3.05, 3.63) is 12.3 Å². The number of aromatic nitrogens is 2. The van der Waals surface area contributed by atoms with Crippen molar-refractivity contribution in [2.75, 3.05) is 18.6 Å². The van der Waals surface area contributed by atoms with Gasteiger partial charge in [-0.15, -0.1) is 0 Å². The SMILES string of the molecule is COC(=O)C1CC(=O)N(c2ccnn2CC(C)C)C1. The lowest BCUT2D eigenvalue weighted by Gasteiger charge is -2.18. The number of esters is 1. The number of amides is 1. The molecule has 6 heteroatoms. The van der Waals surface area contributed by atoms with Crippen molar-refractivity contribution in [3.63, 3.8) is 0 Å². The maximum atomic E-state index is 12.0. The predicted molar refractivity (Wildman–Crippen MR) is 69.5 cm³/mol. The predicted octanol–water partition coefficient (Wildman–Crippen LogP) is 1.06. The molecular formula is C13H19N3O3. The minimum Gasteiger partial charge on any atom is -0.469 e. The molecule has 1 aromatic heterocycles. The Balaban J connectivity index is 2.16. The summed E-state index contributed by atoms with van der Waals surface area (Å²) in [5, 5.41) is 4.23. The molecule has 0 N–H and O–H groups in total. The van der Waals surface area contributed by atoms with Crippen LogP contribution in [-0.4, -0.2) is 35.3 Å². The zero-order chi connectivity index (χ0) is 14.0. The second-order valence-electron chi connectivity index (χ2n) is 5.19. The second kappa shape index (κ2) is 5.42. The first-order valence-electron chi connectivity index (χ1n) is 6.43. The smallest absolute Gasteiger partial charge is 0.311 e. The van der Waals surface area contributed by atoms with Crippen molar-refractivity contribution in [1.29, 1.82) is 0 Å². The van der Waals surface area contributed by atoms with E-state index in [1.807, 2.05) is 4.68 Å². The van der Waals surface area contributed by atoms with Crippen LogP contribution in [-0.2, 0) is 20.9 Å². The van der Waals surface area contributed by atoms with Crippen molar-refractivity contribution >= 4 is 17.7 Å². The highest BCUT2D eigenvalue weighted by molar-refractivity contribution is 5.98. The molecule has 1 amide bonds. The van der Waals surface area contributed by atoms with Crippen LogP contribution in [0.2, 0.25) is 0 Å². The maximum Gasteiger partial charge on any atom is 0.311 e. The van der Waals surface area contributed by atoms with Gasteiger partial charge in [0, 0.05) is 25.6 Å². The minimum absolute atomic E-state index is 0.0547. The first kappa shape index (κ1) is 13.6. The number of hydrogen-bond donors (Lipinski definition) is 0. The van der Waals surface area contributed by atoms with E-state index in [-0.39, 0.29) is 24.2 Å². The molecule has 0 aliphatic carbocycles. The largest absolute Gasteiger partial charge is 0.469 e. The monoisotopic (exact) mass is 265 g/mol. The Morgan fingerprint density at radius 1 is 1.58 bits per heavy atom. The number of carbonyl (C=O) groups excluding carboxylic acids is 2. The molecule has 104 valence electrons. The summed E-state index contributed by atoms with van der Waals surface area (Å²) < 4.78 is 6.51. The van der Waals surface area contributed by atoms with Gasteiger partial charge in [0.15, 0.2) is 0 Å². The molecule has 0 saturated carbocycles. The number of ether oxygens (including phenoxy) is 1. The van der Waals surface area contributed by atoms with Crippen LogP contribution in [0.4, 0.5) is 5.82 Å². The molecule has 1 fully saturated rings. The molecule has 2 heterocycles. The van der Waals surface area contributed by atoms with E-state index in [0.29, 0.717) is 12.5 Å². The van der Waals surface area contributed by atoms with E-state index in [1.165, 1.54) is 7.11 Å². The fraction of sp³-hybridized carbons (Fsp3) is 0.615. The average molecular weight is 265 g/mol. The number of methoxy groups -OCH3 is 1. The summed E-state index contributed by atoms with van der Waals surface area (Å²) >= 11 is 0. The molecule has 0 aromatic carbocycles. The van der Waals surface area contributed by atoms with Crippen LogP contribution in [0.5, 0.6) is 0 Å². The number of nitrogens with zero attached hydrogens (tertiary/aromatic N) is 3. The van der Waals surface area contributed by atoms with Gasteiger partial charge in [-0.2, -0.15) is 5.10 Å². The van der Waals surface area contributed by atoms with E-state index >= 15 is 0 Å². The quantitative estimate of drug-likeness (QED) is 0.764. The number of rotatable bonds is 4. The summed E-state index contributed by atoms with van der Waals surface area (Å²) in [6, 6.07) is 1.81. The van der Waals surface area contributed by atoms with Gasteiger partial charge in [-0.3, -0.25) is 14.5 Å². The average Bonchev–Trinajstić information content (AvgIpc) is 2.94. The maximum absolute atomic E-state index is 12.0. The highest BCUT2D eigenvalue weighted by Gasteiger charge is 2.37. The summed E-state index contributed by atoms with van der Waals surface area (Å²) in [5.41, 5.74) is 0. The summed E-state index contributed by atoms with van der Waals surface area (Å²) in [7, 11) is 1.35. The van der Waals surface area contributed by atoms with Gasteiger partial charge in [0.1, 0.15) is 5.82 Å². The van der Waals surface area contributed by atoms with Crippen molar-refractivity contribution in [2.24, 2.45) is 11.8 Å². The van der Waals surface area contributed by atoms with Crippen molar-refractivity contribution < 1.29 is 14.3 Å². The molecule has 1 saturated heterocycles. The second-order valence-corrected chi connectivity index (χ2v) is 5.19. The fourth-order valence-corrected chi connectivity index (χ4v) is 2.30. The summed E-state index contributed by atoms with van der Waals surface area (Å²) in [5.74, 6) is 0.435. The summed E-state index contributed by atoms with van der Waals surface area (Å²) in [6.45, 7) is 5.30. The molecule has 0 spiro atoms. The van der Waals surface area contributed by atoms with E-state index in [1.54, 1.807) is 17.2 Å². The molecule has 19 heavy (non-hydrogen) atoms. The molecule has 1 atom stereocenters. The van der Waals surface area contributed by atoms with Gasteiger partial charge in [-0.05, 0) is 5.92 Å². The van der Waals surface area contributed by atoms with Crippen LogP contribution in [0.3, 0.4) is 0 Å². The van der Waals surface area contributed by atoms with Gasteiger partial charge in [0.25, 0.3) is 0 Å². The molecule has 1 aliphatic rings. The Labute approximate surface area is 112 Å². The number of hydrogen-bond acceptors (Lipinski definition) is 4. The van der Waals surface area contributed by atoms with Crippen molar-refractivity contribution in [1.82, 2.24) is 9.78 Å². The molecule has 0 bridgehead atoms. The topological polar surface area (TPSA) is 64.4 Å². The molecule has 0 radical (unpaired) electrons. The first-order valence-corrected chi connectivity index (χ1v) is 6.43. The number of carbonyl (C=O) groups is 2. The van der Waals surface area contributed by atoms with E-state index in [2.05, 4.69) is 18.9 Å². The third-order valence-electron chi connectivity index (χ3n) is 3.17. The van der Waals surface area contributed by atoms with Crippen molar-refractivity contribution in [3.8, 4) is 0 Å². The summed E-state index contributed by atoms with van der Waals surface area (Å²) in [4.78, 5) is 25.2. The Morgan fingerprint density at radius 2 is 2.32 bits per heavy atom. The molecule has 2 rings (SSSR count). The normalized spacial score (nSPS) is 19.3. The van der Waals surface area contributed by atoms with Crippen LogP contribution in [0.15, 0.2) is 12.3 Å². The van der Waals surface area contributed by atoms with Gasteiger partial charge in [0.05, 0.1) is 19.2 Å². The Bertz CT molecular complexity index is 481. The van der Waals surface area contributed by atoms with Gasteiger partial charge >= 0.3 is 5.97 Å². The minimum atomic E-state index is -0.375. The lowest BCUT2D eigenvalue weighted by atomic mass is 10.1. The van der Waals surface area contributed by atoms with Crippen LogP contribution >= 0.6 is 0 Å². The molecule has 1 unspecified atom stereocenters. The molecular weight excluding hydrogens is 246 g/mol. The third kappa shape index (κ3) is 2.77.